The van der Waals surface area contributed by atoms with Crippen LogP contribution in [0.15, 0.2) is 42.5 Å². The number of carbonyl (C=O) groups is 2. The second kappa shape index (κ2) is 10.3. The molecular weight excluding hydrogens is 408 g/mol. The van der Waals surface area contributed by atoms with E-state index in [2.05, 4.69) is 10.2 Å². The molecule has 0 aliphatic rings. The molecule has 1 atom stereocenters. The average Bonchev–Trinajstić information content (AvgIpc) is 2.69. The van der Waals surface area contributed by atoms with Crippen LogP contribution < -0.4 is 5.32 Å². The number of nitrogens with one attached hydrogen (secondary N) is 1. The molecule has 1 amide bonds. The summed E-state index contributed by atoms with van der Waals surface area (Å²) in [5.41, 5.74) is 0.179. The number of phenolic OH excluding ortho intramolecular Hbond substituents is 2. The lowest BCUT2D eigenvalue weighted by molar-refractivity contribution is -0.763. The lowest BCUT2D eigenvalue weighted by Crippen LogP contribution is -2.55. The fourth-order valence-corrected chi connectivity index (χ4v) is 3.04. The summed E-state index contributed by atoms with van der Waals surface area (Å²) in [7, 11) is 0. The summed E-state index contributed by atoms with van der Waals surface area (Å²) in [6.07, 6.45) is -0.0652. The predicted octanol–water partition coefficient (Wildman–Crippen LogP) is 2.03. The van der Waals surface area contributed by atoms with Gasteiger partial charge in [-0.1, -0.05) is 30.3 Å². The highest BCUT2D eigenvalue weighted by atomic mass is 16.9. The number of ether oxygens (including phenoxy) is 1. The molecule has 31 heavy (non-hydrogen) atoms. The number of rotatable bonds is 10. The van der Waals surface area contributed by atoms with E-state index in [-0.39, 0.29) is 37.6 Å². The zero-order valence-corrected chi connectivity index (χ0v) is 17.2. The number of benzene rings is 2. The van der Waals surface area contributed by atoms with E-state index < -0.39 is 22.5 Å². The van der Waals surface area contributed by atoms with Crippen molar-refractivity contribution in [3.8, 4) is 11.5 Å². The molecule has 0 saturated carbocycles. The Morgan fingerprint density at radius 2 is 1.81 bits per heavy atom. The summed E-state index contributed by atoms with van der Waals surface area (Å²) < 4.78 is 5.11. The first-order valence-corrected chi connectivity index (χ1v) is 9.47. The molecular formula is C21H24N2O8. The molecule has 0 aliphatic carbocycles. The number of hydrogen-bond acceptors (Lipinski definition) is 8. The Labute approximate surface area is 178 Å². The second-order valence-electron chi connectivity index (χ2n) is 7.09. The minimum absolute atomic E-state index is 0.0160. The van der Waals surface area contributed by atoms with Crippen molar-refractivity contribution in [2.75, 3.05) is 6.61 Å². The molecule has 166 valence electrons. The van der Waals surface area contributed by atoms with Gasteiger partial charge in [-0.05, 0) is 42.7 Å². The number of carbonyl (C=O) groups excluding carboxylic acids is 2. The second-order valence-corrected chi connectivity index (χ2v) is 7.09. The minimum atomic E-state index is -1.43. The lowest BCUT2D eigenvalue weighted by Gasteiger charge is -2.29. The van der Waals surface area contributed by atoms with Gasteiger partial charge in [0.15, 0.2) is 11.5 Å². The number of hydrogen-bond donors (Lipinski definition) is 3. The van der Waals surface area contributed by atoms with Gasteiger partial charge in [0.25, 0.3) is 5.09 Å². The SMILES string of the molecule is CCOC(=O)C(C)(Cc1ccc(O)c(O)c1)NC(=O)Cc1cccc(CO[N+](=O)[O-])c1. The smallest absolute Gasteiger partial charge is 0.331 e. The first kappa shape index (κ1) is 23.5. The summed E-state index contributed by atoms with van der Waals surface area (Å²) in [5, 5.41) is 31.3. The van der Waals surface area contributed by atoms with Gasteiger partial charge in [-0.3, -0.25) is 4.79 Å². The Bertz CT molecular complexity index is 962. The lowest BCUT2D eigenvalue weighted by atomic mass is 9.92. The first-order valence-electron chi connectivity index (χ1n) is 9.47. The molecule has 3 N–H and O–H groups in total. The van der Waals surface area contributed by atoms with E-state index in [1.165, 1.54) is 25.1 Å². The molecule has 0 aromatic heterocycles. The Balaban J connectivity index is 2.15. The molecule has 10 heteroatoms. The third-order valence-electron chi connectivity index (χ3n) is 4.43. The van der Waals surface area contributed by atoms with Crippen molar-refractivity contribution in [3.05, 3.63) is 69.3 Å². The standard InChI is InChI=1S/C21H24N2O8/c1-3-30-20(27)21(2,12-15-7-8-17(24)18(25)10-15)22-19(26)11-14-5-4-6-16(9-14)13-31-23(28)29/h4-10,24-25H,3,11-13H2,1-2H3,(H,22,26). The Hall–Kier alpha value is -3.82. The molecule has 0 aliphatic heterocycles. The van der Waals surface area contributed by atoms with Gasteiger partial charge in [-0.25, -0.2) is 4.79 Å². The largest absolute Gasteiger partial charge is 0.504 e. The highest BCUT2D eigenvalue weighted by molar-refractivity contribution is 5.89. The van der Waals surface area contributed by atoms with E-state index in [9.17, 15) is 29.9 Å². The fourth-order valence-electron chi connectivity index (χ4n) is 3.04. The maximum Gasteiger partial charge on any atom is 0.331 e. The predicted molar refractivity (Wildman–Crippen MR) is 109 cm³/mol. The van der Waals surface area contributed by atoms with Gasteiger partial charge in [0.05, 0.1) is 13.0 Å². The first-order chi connectivity index (χ1) is 14.6. The molecule has 0 radical (unpaired) electrons. The molecule has 0 heterocycles. The summed E-state index contributed by atoms with van der Waals surface area (Å²) in [5.74, 6) is -1.76. The zero-order valence-electron chi connectivity index (χ0n) is 17.2. The molecule has 0 fully saturated rings. The molecule has 0 saturated heterocycles. The van der Waals surface area contributed by atoms with Crippen molar-refractivity contribution in [2.45, 2.75) is 38.8 Å². The van der Waals surface area contributed by atoms with Crippen molar-refractivity contribution >= 4 is 11.9 Å². The van der Waals surface area contributed by atoms with Crippen LogP contribution in [0.2, 0.25) is 0 Å². The molecule has 0 spiro atoms. The molecule has 1 unspecified atom stereocenters. The van der Waals surface area contributed by atoms with Crippen molar-refractivity contribution < 1.29 is 34.5 Å². The Morgan fingerprint density at radius 1 is 1.10 bits per heavy atom. The third kappa shape index (κ3) is 6.88. The number of nitrogens with zero attached hydrogens (tertiary/aromatic N) is 1. The number of aromatic hydroxyl groups is 2. The number of amides is 1. The van der Waals surface area contributed by atoms with Gasteiger partial charge in [-0.15, -0.1) is 10.1 Å². The highest BCUT2D eigenvalue weighted by Gasteiger charge is 2.36. The third-order valence-corrected chi connectivity index (χ3v) is 4.43. The summed E-state index contributed by atoms with van der Waals surface area (Å²) in [4.78, 5) is 39.9. The maximum atomic E-state index is 12.7. The summed E-state index contributed by atoms with van der Waals surface area (Å²) in [6, 6.07) is 10.7. The van der Waals surface area contributed by atoms with Crippen LogP contribution in [0.25, 0.3) is 0 Å². The van der Waals surface area contributed by atoms with Crippen LogP contribution in [0.5, 0.6) is 11.5 Å². The van der Waals surface area contributed by atoms with Crippen LogP contribution in [-0.2, 0) is 38.6 Å². The molecule has 2 aromatic carbocycles. The summed E-state index contributed by atoms with van der Waals surface area (Å²) >= 11 is 0. The van der Waals surface area contributed by atoms with Crippen LogP contribution in [-0.4, -0.2) is 39.3 Å². The van der Waals surface area contributed by atoms with E-state index in [4.69, 9.17) is 4.74 Å². The van der Waals surface area contributed by atoms with Crippen LogP contribution >= 0.6 is 0 Å². The van der Waals surface area contributed by atoms with Crippen LogP contribution in [0, 0.1) is 10.1 Å². The van der Waals surface area contributed by atoms with Gasteiger partial charge in [-0.2, -0.15) is 0 Å². The number of phenols is 2. The average molecular weight is 432 g/mol. The van der Waals surface area contributed by atoms with E-state index in [0.29, 0.717) is 16.7 Å². The normalized spacial score (nSPS) is 12.5. The van der Waals surface area contributed by atoms with Gasteiger partial charge in [0, 0.05) is 6.42 Å². The topological polar surface area (TPSA) is 148 Å². The fraction of sp³-hybridized carbons (Fsp3) is 0.333. The van der Waals surface area contributed by atoms with Crippen LogP contribution in [0.1, 0.15) is 30.5 Å². The Morgan fingerprint density at radius 3 is 2.45 bits per heavy atom. The van der Waals surface area contributed by atoms with Crippen LogP contribution in [0.3, 0.4) is 0 Å². The van der Waals surface area contributed by atoms with Crippen molar-refractivity contribution in [2.24, 2.45) is 0 Å². The number of esters is 1. The van der Waals surface area contributed by atoms with E-state index >= 15 is 0 Å². The molecule has 2 aromatic rings. The molecule has 10 nitrogen and oxygen atoms in total. The molecule has 0 bridgehead atoms. The highest BCUT2D eigenvalue weighted by Crippen LogP contribution is 2.27. The van der Waals surface area contributed by atoms with Gasteiger partial charge >= 0.3 is 5.97 Å². The van der Waals surface area contributed by atoms with E-state index in [1.54, 1.807) is 31.2 Å². The zero-order chi connectivity index (χ0) is 23.0. The van der Waals surface area contributed by atoms with Gasteiger partial charge in [0.2, 0.25) is 5.91 Å². The summed E-state index contributed by atoms with van der Waals surface area (Å²) in [6.45, 7) is 3.02. The van der Waals surface area contributed by atoms with E-state index in [0.717, 1.165) is 0 Å². The minimum Gasteiger partial charge on any atom is -0.504 e. The van der Waals surface area contributed by atoms with Crippen molar-refractivity contribution in [1.29, 1.82) is 0 Å². The van der Waals surface area contributed by atoms with Crippen molar-refractivity contribution in [1.82, 2.24) is 5.32 Å². The van der Waals surface area contributed by atoms with Crippen molar-refractivity contribution in [3.63, 3.8) is 0 Å². The maximum absolute atomic E-state index is 12.7. The van der Waals surface area contributed by atoms with Crippen LogP contribution in [0.4, 0.5) is 0 Å². The monoisotopic (exact) mass is 432 g/mol. The molecule has 2 rings (SSSR count). The quantitative estimate of drug-likeness (QED) is 0.223. The Kier molecular flexibility index (Phi) is 7.78. The van der Waals surface area contributed by atoms with E-state index in [1.807, 2.05) is 0 Å². The van der Waals surface area contributed by atoms with Gasteiger partial charge < -0.3 is 25.1 Å². The van der Waals surface area contributed by atoms with Gasteiger partial charge in [0.1, 0.15) is 12.1 Å².